The van der Waals surface area contributed by atoms with Crippen molar-refractivity contribution in [2.45, 2.75) is 13.1 Å². The third kappa shape index (κ3) is 3.18. The smallest absolute Gasteiger partial charge is 0.417 e. The number of halogens is 5. The van der Waals surface area contributed by atoms with Crippen LogP contribution in [0.25, 0.3) is 0 Å². The van der Waals surface area contributed by atoms with Crippen molar-refractivity contribution in [1.29, 1.82) is 0 Å². The van der Waals surface area contributed by atoms with E-state index in [2.05, 4.69) is 20.7 Å². The average Bonchev–Trinajstić information content (AvgIpc) is 2.15. The van der Waals surface area contributed by atoms with Gasteiger partial charge in [-0.05, 0) is 19.1 Å². The molecule has 0 atom stereocenters. The molecule has 0 N–H and O–H groups in total. The number of alkyl halides is 3. The zero-order chi connectivity index (χ0) is 13.2. The van der Waals surface area contributed by atoms with Crippen molar-refractivity contribution in [3.8, 4) is 0 Å². The van der Waals surface area contributed by atoms with E-state index in [-0.39, 0.29) is 6.61 Å². The summed E-state index contributed by atoms with van der Waals surface area (Å²) in [4.78, 5) is 11.2. The van der Waals surface area contributed by atoms with Gasteiger partial charge in [0.15, 0.2) is 0 Å². The van der Waals surface area contributed by atoms with Crippen molar-refractivity contribution < 1.29 is 27.1 Å². The fraction of sp³-hybridized carbons (Fsp3) is 0.300. The van der Waals surface area contributed by atoms with Crippen LogP contribution >= 0.6 is 15.9 Å². The number of benzene rings is 1. The minimum atomic E-state index is -4.67. The van der Waals surface area contributed by atoms with Crippen LogP contribution < -0.4 is 0 Å². The standard InChI is InChI=1S/C10H7BrF4O2/c1-2-17-9(16)5-3-6(10(13,14)15)7(11)4-8(5)12/h3-4H,2H2,1H3. The molecule has 1 aromatic rings. The summed E-state index contributed by atoms with van der Waals surface area (Å²) in [6.45, 7) is 1.43. The highest BCUT2D eigenvalue weighted by molar-refractivity contribution is 9.10. The van der Waals surface area contributed by atoms with Crippen LogP contribution in [0.1, 0.15) is 22.8 Å². The van der Waals surface area contributed by atoms with Crippen molar-refractivity contribution in [3.63, 3.8) is 0 Å². The Labute approximate surface area is 103 Å². The van der Waals surface area contributed by atoms with Crippen molar-refractivity contribution >= 4 is 21.9 Å². The van der Waals surface area contributed by atoms with Crippen LogP contribution in [-0.4, -0.2) is 12.6 Å². The Kier molecular flexibility index (Phi) is 4.13. The quantitative estimate of drug-likeness (QED) is 0.613. The minimum Gasteiger partial charge on any atom is -0.462 e. The molecule has 0 aliphatic heterocycles. The molecular weight excluding hydrogens is 308 g/mol. The van der Waals surface area contributed by atoms with Crippen LogP contribution in [0.3, 0.4) is 0 Å². The summed E-state index contributed by atoms with van der Waals surface area (Å²) in [6, 6.07) is 1.02. The number of carbonyl (C=O) groups is 1. The topological polar surface area (TPSA) is 26.3 Å². The SMILES string of the molecule is CCOC(=O)c1cc(C(F)(F)F)c(Br)cc1F. The summed E-state index contributed by atoms with van der Waals surface area (Å²) in [6.07, 6.45) is -4.67. The van der Waals surface area contributed by atoms with E-state index in [0.717, 1.165) is 0 Å². The zero-order valence-corrected chi connectivity index (χ0v) is 10.2. The highest BCUT2D eigenvalue weighted by Gasteiger charge is 2.34. The molecule has 0 bridgehead atoms. The molecule has 0 unspecified atom stereocenters. The predicted molar refractivity (Wildman–Crippen MR) is 55.1 cm³/mol. The third-order valence-corrected chi connectivity index (χ3v) is 2.51. The molecule has 17 heavy (non-hydrogen) atoms. The highest BCUT2D eigenvalue weighted by Crippen LogP contribution is 2.36. The molecule has 0 amide bonds. The van der Waals surface area contributed by atoms with E-state index in [0.29, 0.717) is 12.1 Å². The van der Waals surface area contributed by atoms with Gasteiger partial charge < -0.3 is 4.74 Å². The molecule has 0 radical (unpaired) electrons. The molecule has 2 nitrogen and oxygen atoms in total. The second-order valence-corrected chi connectivity index (χ2v) is 3.88. The fourth-order valence-corrected chi connectivity index (χ4v) is 1.67. The molecule has 0 aliphatic rings. The molecular formula is C10H7BrF4O2. The molecule has 1 rings (SSSR count). The average molecular weight is 315 g/mol. The van der Waals surface area contributed by atoms with E-state index >= 15 is 0 Å². The van der Waals surface area contributed by atoms with Gasteiger partial charge in [-0.15, -0.1) is 0 Å². The maximum absolute atomic E-state index is 13.3. The number of esters is 1. The summed E-state index contributed by atoms with van der Waals surface area (Å²) in [7, 11) is 0. The third-order valence-electron chi connectivity index (χ3n) is 1.86. The van der Waals surface area contributed by atoms with E-state index in [4.69, 9.17) is 0 Å². The number of hydrogen-bond donors (Lipinski definition) is 0. The van der Waals surface area contributed by atoms with Crippen LogP contribution in [0, 0.1) is 5.82 Å². The lowest BCUT2D eigenvalue weighted by molar-refractivity contribution is -0.138. The van der Waals surface area contributed by atoms with Gasteiger partial charge >= 0.3 is 12.1 Å². The van der Waals surface area contributed by atoms with Crippen molar-refractivity contribution in [2.24, 2.45) is 0 Å². The summed E-state index contributed by atoms with van der Waals surface area (Å²) >= 11 is 2.59. The lowest BCUT2D eigenvalue weighted by Crippen LogP contribution is -2.12. The van der Waals surface area contributed by atoms with Gasteiger partial charge in [0.1, 0.15) is 5.82 Å². The van der Waals surface area contributed by atoms with Gasteiger partial charge in [0, 0.05) is 4.47 Å². The molecule has 7 heteroatoms. The fourth-order valence-electron chi connectivity index (χ4n) is 1.13. The molecule has 0 aromatic heterocycles. The normalized spacial score (nSPS) is 11.4. The van der Waals surface area contributed by atoms with E-state index in [1.807, 2.05) is 0 Å². The number of carbonyl (C=O) groups excluding carboxylic acids is 1. The van der Waals surface area contributed by atoms with Gasteiger partial charge in [-0.25, -0.2) is 9.18 Å². The van der Waals surface area contributed by atoms with E-state index < -0.39 is 33.6 Å². The molecule has 94 valence electrons. The maximum Gasteiger partial charge on any atom is 0.417 e. The molecule has 0 heterocycles. The molecule has 0 saturated heterocycles. The van der Waals surface area contributed by atoms with Gasteiger partial charge in [0.05, 0.1) is 17.7 Å². The van der Waals surface area contributed by atoms with E-state index in [9.17, 15) is 22.4 Å². The minimum absolute atomic E-state index is 0.0459. The van der Waals surface area contributed by atoms with Crippen LogP contribution in [0.4, 0.5) is 17.6 Å². The number of rotatable bonds is 2. The molecule has 0 aliphatic carbocycles. The van der Waals surface area contributed by atoms with E-state index in [1.165, 1.54) is 6.92 Å². The first-order chi connectivity index (χ1) is 7.77. The maximum atomic E-state index is 13.3. The van der Waals surface area contributed by atoms with Gasteiger partial charge in [0.25, 0.3) is 0 Å². The van der Waals surface area contributed by atoms with Crippen LogP contribution in [0.2, 0.25) is 0 Å². The van der Waals surface area contributed by atoms with Crippen molar-refractivity contribution in [2.75, 3.05) is 6.61 Å². The molecule has 0 saturated carbocycles. The summed E-state index contributed by atoms with van der Waals surface area (Å²) in [5, 5.41) is 0. The first-order valence-electron chi connectivity index (χ1n) is 4.50. The Bertz CT molecular complexity index is 443. The number of ether oxygens (including phenoxy) is 1. The Balaban J connectivity index is 3.29. The predicted octanol–water partition coefficient (Wildman–Crippen LogP) is 3.78. The summed E-state index contributed by atoms with van der Waals surface area (Å²) in [5.74, 6) is -2.19. The monoisotopic (exact) mass is 314 g/mol. The van der Waals surface area contributed by atoms with Gasteiger partial charge in [-0.3, -0.25) is 0 Å². The Morgan fingerprint density at radius 2 is 2.00 bits per heavy atom. The molecule has 0 fully saturated rings. The second-order valence-electron chi connectivity index (χ2n) is 3.03. The second kappa shape index (κ2) is 5.03. The summed E-state index contributed by atoms with van der Waals surface area (Å²) in [5.41, 5.74) is -1.86. The molecule has 0 spiro atoms. The summed E-state index contributed by atoms with van der Waals surface area (Å²) < 4.78 is 54.8. The Morgan fingerprint density at radius 1 is 1.41 bits per heavy atom. The first kappa shape index (κ1) is 14.0. The van der Waals surface area contributed by atoms with Gasteiger partial charge in [-0.1, -0.05) is 15.9 Å². The lowest BCUT2D eigenvalue weighted by Gasteiger charge is -2.11. The first-order valence-corrected chi connectivity index (χ1v) is 5.30. The highest BCUT2D eigenvalue weighted by atomic mass is 79.9. The van der Waals surface area contributed by atoms with Crippen molar-refractivity contribution in [1.82, 2.24) is 0 Å². The van der Waals surface area contributed by atoms with Crippen LogP contribution in [0.15, 0.2) is 16.6 Å². The van der Waals surface area contributed by atoms with Crippen molar-refractivity contribution in [3.05, 3.63) is 33.5 Å². The zero-order valence-electron chi connectivity index (χ0n) is 8.57. The lowest BCUT2D eigenvalue weighted by atomic mass is 10.1. The largest absolute Gasteiger partial charge is 0.462 e. The Hall–Kier alpha value is -1.11. The molecule has 1 aromatic carbocycles. The van der Waals surface area contributed by atoms with Crippen LogP contribution in [-0.2, 0) is 10.9 Å². The van der Waals surface area contributed by atoms with E-state index in [1.54, 1.807) is 0 Å². The number of hydrogen-bond acceptors (Lipinski definition) is 2. The van der Waals surface area contributed by atoms with Crippen LogP contribution in [0.5, 0.6) is 0 Å². The van der Waals surface area contributed by atoms with Gasteiger partial charge in [0.2, 0.25) is 0 Å². The van der Waals surface area contributed by atoms with Gasteiger partial charge in [-0.2, -0.15) is 13.2 Å². The Morgan fingerprint density at radius 3 is 2.47 bits per heavy atom.